The van der Waals surface area contributed by atoms with E-state index in [9.17, 15) is 0 Å². The zero-order chi connectivity index (χ0) is 10.8. The van der Waals surface area contributed by atoms with Crippen LogP contribution in [0.4, 0.5) is 0 Å². The molecule has 1 fully saturated rings. The number of likely N-dealkylation sites (tertiary alicyclic amines) is 1. The van der Waals surface area contributed by atoms with Crippen LogP contribution < -0.4 is 0 Å². The van der Waals surface area contributed by atoms with Gasteiger partial charge in [-0.15, -0.1) is 0 Å². The molecule has 1 heteroatoms. The summed E-state index contributed by atoms with van der Waals surface area (Å²) in [6.07, 6.45) is 15.8. The van der Waals surface area contributed by atoms with E-state index in [2.05, 4.69) is 24.0 Å². The van der Waals surface area contributed by atoms with Gasteiger partial charge in [0.1, 0.15) is 0 Å². The molecule has 0 amide bonds. The summed E-state index contributed by atoms with van der Waals surface area (Å²) < 4.78 is 0. The molecule has 0 aliphatic carbocycles. The summed E-state index contributed by atoms with van der Waals surface area (Å²) in [5, 5.41) is 0. The van der Waals surface area contributed by atoms with Crippen molar-refractivity contribution in [2.75, 3.05) is 19.6 Å². The van der Waals surface area contributed by atoms with Crippen LogP contribution in [0.2, 0.25) is 0 Å². The lowest BCUT2D eigenvalue weighted by atomic mass is 10.1. The third-order valence-corrected chi connectivity index (χ3v) is 3.20. The highest BCUT2D eigenvalue weighted by Gasteiger charge is 2.08. The van der Waals surface area contributed by atoms with Gasteiger partial charge in [0.25, 0.3) is 0 Å². The van der Waals surface area contributed by atoms with Gasteiger partial charge in [0.15, 0.2) is 0 Å². The van der Waals surface area contributed by atoms with Crippen molar-refractivity contribution in [1.82, 2.24) is 4.90 Å². The predicted molar refractivity (Wildman–Crippen MR) is 68.2 cm³/mol. The quantitative estimate of drug-likeness (QED) is 0.431. The summed E-state index contributed by atoms with van der Waals surface area (Å²) in [4.78, 5) is 2.55. The Labute approximate surface area is 95.5 Å². The van der Waals surface area contributed by atoms with Gasteiger partial charge in [-0.05, 0) is 38.8 Å². The Kier molecular flexibility index (Phi) is 7.63. The van der Waals surface area contributed by atoms with Crippen molar-refractivity contribution >= 4 is 0 Å². The monoisotopic (exact) mass is 209 g/mol. The highest BCUT2D eigenvalue weighted by molar-refractivity contribution is 4.86. The van der Waals surface area contributed by atoms with E-state index in [0.717, 1.165) is 0 Å². The van der Waals surface area contributed by atoms with Crippen molar-refractivity contribution in [1.29, 1.82) is 0 Å². The van der Waals surface area contributed by atoms with Gasteiger partial charge in [-0.25, -0.2) is 0 Å². The molecule has 0 atom stereocenters. The standard InChI is InChI=1S/C14H27N/c1-2-3-4-5-6-7-8-9-12-15-13-10-11-14-15/h8-9H,2-7,10-14H2,1H3/b9-8+. The fraction of sp³-hybridized carbons (Fsp3) is 0.857. The lowest BCUT2D eigenvalue weighted by molar-refractivity contribution is 0.377. The number of nitrogens with zero attached hydrogens (tertiary/aromatic N) is 1. The molecule has 0 unspecified atom stereocenters. The highest BCUT2D eigenvalue weighted by atomic mass is 15.1. The molecule has 1 rings (SSSR count). The second-order valence-corrected chi connectivity index (χ2v) is 4.68. The van der Waals surface area contributed by atoms with Crippen molar-refractivity contribution in [2.45, 2.75) is 58.3 Å². The van der Waals surface area contributed by atoms with Gasteiger partial charge in [0.05, 0.1) is 0 Å². The van der Waals surface area contributed by atoms with Gasteiger partial charge in [-0.2, -0.15) is 0 Å². The van der Waals surface area contributed by atoms with E-state index in [1.165, 1.54) is 71.0 Å². The van der Waals surface area contributed by atoms with Crippen LogP contribution in [0.25, 0.3) is 0 Å². The topological polar surface area (TPSA) is 3.24 Å². The zero-order valence-electron chi connectivity index (χ0n) is 10.4. The van der Waals surface area contributed by atoms with Crippen molar-refractivity contribution in [3.8, 4) is 0 Å². The van der Waals surface area contributed by atoms with Crippen LogP contribution in [0.1, 0.15) is 58.3 Å². The molecule has 0 radical (unpaired) electrons. The molecule has 0 aromatic carbocycles. The molecule has 1 aliphatic rings. The maximum atomic E-state index is 2.55. The van der Waals surface area contributed by atoms with Crippen LogP contribution in [0.3, 0.4) is 0 Å². The summed E-state index contributed by atoms with van der Waals surface area (Å²) >= 11 is 0. The molecule has 0 saturated carbocycles. The molecule has 1 heterocycles. The maximum Gasteiger partial charge on any atom is 0.0163 e. The number of allylic oxidation sites excluding steroid dienone is 1. The second kappa shape index (κ2) is 8.96. The lowest BCUT2D eigenvalue weighted by Crippen LogP contribution is -2.18. The van der Waals surface area contributed by atoms with E-state index < -0.39 is 0 Å². The normalized spacial score (nSPS) is 17.9. The van der Waals surface area contributed by atoms with E-state index >= 15 is 0 Å². The van der Waals surface area contributed by atoms with Crippen molar-refractivity contribution in [3.05, 3.63) is 12.2 Å². The Bertz CT molecular complexity index is 157. The minimum absolute atomic E-state index is 1.19. The molecule has 15 heavy (non-hydrogen) atoms. The average molecular weight is 209 g/mol. The van der Waals surface area contributed by atoms with Crippen molar-refractivity contribution in [2.24, 2.45) is 0 Å². The van der Waals surface area contributed by atoms with Gasteiger partial charge < -0.3 is 0 Å². The Hall–Kier alpha value is -0.300. The van der Waals surface area contributed by atoms with Gasteiger partial charge >= 0.3 is 0 Å². The molecular weight excluding hydrogens is 182 g/mol. The molecular formula is C14H27N. The smallest absolute Gasteiger partial charge is 0.0163 e. The fourth-order valence-electron chi connectivity index (χ4n) is 2.17. The summed E-state index contributed by atoms with van der Waals surface area (Å²) in [7, 11) is 0. The van der Waals surface area contributed by atoms with Crippen LogP contribution in [0.5, 0.6) is 0 Å². The first kappa shape index (κ1) is 12.8. The van der Waals surface area contributed by atoms with E-state index in [4.69, 9.17) is 0 Å². The minimum Gasteiger partial charge on any atom is -0.300 e. The third kappa shape index (κ3) is 6.72. The lowest BCUT2D eigenvalue weighted by Gasteiger charge is -2.10. The molecule has 1 nitrogen and oxygen atoms in total. The molecule has 1 aliphatic heterocycles. The summed E-state index contributed by atoms with van der Waals surface area (Å²) in [5.74, 6) is 0. The molecule has 0 aromatic rings. The first-order chi connectivity index (χ1) is 7.43. The van der Waals surface area contributed by atoms with Crippen LogP contribution in [-0.4, -0.2) is 24.5 Å². The average Bonchev–Trinajstić information content (AvgIpc) is 2.75. The Morgan fingerprint density at radius 2 is 1.67 bits per heavy atom. The number of unbranched alkanes of at least 4 members (excludes halogenated alkanes) is 5. The summed E-state index contributed by atoms with van der Waals surface area (Å²) in [5.41, 5.74) is 0. The maximum absolute atomic E-state index is 2.55. The fourth-order valence-corrected chi connectivity index (χ4v) is 2.17. The predicted octanol–water partition coefficient (Wildman–Crippen LogP) is 4.00. The number of hydrogen-bond donors (Lipinski definition) is 0. The van der Waals surface area contributed by atoms with Crippen LogP contribution in [0, 0.1) is 0 Å². The summed E-state index contributed by atoms with van der Waals surface area (Å²) in [6, 6.07) is 0. The highest BCUT2D eigenvalue weighted by Crippen LogP contribution is 2.08. The zero-order valence-corrected chi connectivity index (χ0v) is 10.4. The van der Waals surface area contributed by atoms with E-state index in [0.29, 0.717) is 0 Å². The van der Waals surface area contributed by atoms with Crippen LogP contribution >= 0.6 is 0 Å². The van der Waals surface area contributed by atoms with E-state index in [1.54, 1.807) is 0 Å². The molecule has 0 bridgehead atoms. The molecule has 0 aromatic heterocycles. The Morgan fingerprint density at radius 1 is 0.933 bits per heavy atom. The Balaban J connectivity index is 1.84. The molecule has 0 spiro atoms. The summed E-state index contributed by atoms with van der Waals surface area (Å²) in [6.45, 7) is 6.10. The SMILES string of the molecule is CCCCCCC/C=C/CN1CCCC1. The van der Waals surface area contributed by atoms with Crippen molar-refractivity contribution < 1.29 is 0 Å². The van der Waals surface area contributed by atoms with E-state index in [1.807, 2.05) is 0 Å². The molecule has 1 saturated heterocycles. The van der Waals surface area contributed by atoms with Gasteiger partial charge in [-0.3, -0.25) is 4.90 Å². The van der Waals surface area contributed by atoms with Crippen LogP contribution in [0.15, 0.2) is 12.2 Å². The third-order valence-electron chi connectivity index (χ3n) is 3.20. The molecule has 0 N–H and O–H groups in total. The minimum atomic E-state index is 1.19. The number of rotatable bonds is 8. The Morgan fingerprint density at radius 3 is 2.40 bits per heavy atom. The van der Waals surface area contributed by atoms with Gasteiger partial charge in [0.2, 0.25) is 0 Å². The molecule has 88 valence electrons. The van der Waals surface area contributed by atoms with Crippen molar-refractivity contribution in [3.63, 3.8) is 0 Å². The van der Waals surface area contributed by atoms with Gasteiger partial charge in [0, 0.05) is 6.54 Å². The first-order valence-electron chi connectivity index (χ1n) is 6.81. The first-order valence-corrected chi connectivity index (χ1v) is 6.81. The largest absolute Gasteiger partial charge is 0.300 e. The second-order valence-electron chi connectivity index (χ2n) is 4.68. The van der Waals surface area contributed by atoms with Gasteiger partial charge in [-0.1, -0.05) is 44.8 Å². The van der Waals surface area contributed by atoms with Crippen LogP contribution in [-0.2, 0) is 0 Å². The number of hydrogen-bond acceptors (Lipinski definition) is 1. The van der Waals surface area contributed by atoms with E-state index in [-0.39, 0.29) is 0 Å².